The van der Waals surface area contributed by atoms with Crippen molar-refractivity contribution in [2.24, 2.45) is 5.73 Å². The van der Waals surface area contributed by atoms with Gasteiger partial charge in [-0.3, -0.25) is 5.41 Å². The molecule has 0 aliphatic rings. The number of hydrogen-bond donors (Lipinski definition) is 2. The molecule has 3 nitrogen and oxygen atoms in total. The summed E-state index contributed by atoms with van der Waals surface area (Å²) in [5, 5.41) is 8.22. The lowest BCUT2D eigenvalue weighted by Gasteiger charge is -2.14. The van der Waals surface area contributed by atoms with E-state index in [0.717, 1.165) is 9.37 Å². The van der Waals surface area contributed by atoms with E-state index in [-0.39, 0.29) is 5.84 Å². The Balaban J connectivity index is 2.48. The van der Waals surface area contributed by atoms with Crippen LogP contribution < -0.4 is 10.5 Å². The monoisotopic (exact) mass is 370 g/mol. The van der Waals surface area contributed by atoms with Gasteiger partial charge in [0.25, 0.3) is 0 Å². The van der Waals surface area contributed by atoms with Crippen molar-refractivity contribution >= 4 is 45.1 Å². The van der Waals surface area contributed by atoms with Crippen LogP contribution in [0.4, 0.5) is 0 Å². The van der Waals surface area contributed by atoms with Gasteiger partial charge in [0, 0.05) is 9.37 Å². The number of halogens is 2. The molecule has 0 saturated carbocycles. The molecule has 0 atom stereocenters. The number of rotatable bonds is 4. The Morgan fingerprint density at radius 1 is 1.30 bits per heavy atom. The predicted molar refractivity (Wildman–Crippen MR) is 88.5 cm³/mol. The molecule has 0 aliphatic carbocycles. The van der Waals surface area contributed by atoms with E-state index in [9.17, 15) is 0 Å². The minimum absolute atomic E-state index is 0.0314. The zero-order chi connectivity index (χ0) is 14.7. The molecule has 0 bridgehead atoms. The van der Waals surface area contributed by atoms with Crippen LogP contribution in [0.1, 0.15) is 5.56 Å². The lowest BCUT2D eigenvalue weighted by molar-refractivity contribution is 0.480. The number of nitrogen functional groups attached to an aromatic ring is 1. The summed E-state index contributed by atoms with van der Waals surface area (Å²) in [6.07, 6.45) is 1.93. The van der Waals surface area contributed by atoms with Gasteiger partial charge < -0.3 is 10.5 Å². The highest BCUT2D eigenvalue weighted by Gasteiger charge is 2.14. The second-order valence-electron chi connectivity index (χ2n) is 3.92. The fraction of sp³-hybridized carbons (Fsp3) is 0.0714. The zero-order valence-corrected chi connectivity index (χ0v) is 13.8. The minimum Gasteiger partial charge on any atom is -0.455 e. The number of amidine groups is 1. The van der Waals surface area contributed by atoms with Crippen molar-refractivity contribution < 1.29 is 4.74 Å². The average Bonchev–Trinajstić information content (AvgIpc) is 2.42. The highest BCUT2D eigenvalue weighted by molar-refractivity contribution is 9.10. The zero-order valence-electron chi connectivity index (χ0n) is 10.6. The summed E-state index contributed by atoms with van der Waals surface area (Å²) in [5.41, 5.74) is 6.24. The van der Waals surface area contributed by atoms with Gasteiger partial charge in [0.2, 0.25) is 0 Å². The molecule has 0 saturated heterocycles. The fourth-order valence-corrected chi connectivity index (χ4v) is 2.83. The summed E-state index contributed by atoms with van der Waals surface area (Å²) in [6.45, 7) is 0. The third-order valence-corrected chi connectivity index (χ3v) is 4.18. The van der Waals surface area contributed by atoms with Gasteiger partial charge in [-0.15, -0.1) is 11.8 Å². The molecule has 20 heavy (non-hydrogen) atoms. The van der Waals surface area contributed by atoms with E-state index in [0.29, 0.717) is 22.1 Å². The second kappa shape index (κ2) is 6.52. The maximum Gasteiger partial charge on any atom is 0.147 e. The molecule has 0 spiro atoms. The number of thioether (sulfide) groups is 1. The smallest absolute Gasteiger partial charge is 0.147 e. The standard InChI is InChI=1S/C14H12BrClN2OS/c1-20-12-4-2-3-10(13(12)14(17)18)19-11-7-8(15)5-6-9(11)16/h2-7H,1H3,(H3,17,18). The Labute approximate surface area is 135 Å². The molecule has 0 heterocycles. The van der Waals surface area contributed by atoms with E-state index in [1.165, 1.54) is 11.8 Å². The van der Waals surface area contributed by atoms with Crippen molar-refractivity contribution in [2.75, 3.05) is 6.26 Å². The van der Waals surface area contributed by atoms with E-state index < -0.39 is 0 Å². The summed E-state index contributed by atoms with van der Waals surface area (Å²) in [6, 6.07) is 10.9. The molecular weight excluding hydrogens is 360 g/mol. The van der Waals surface area contributed by atoms with Crippen molar-refractivity contribution in [3.8, 4) is 11.5 Å². The average molecular weight is 372 g/mol. The molecule has 6 heteroatoms. The third kappa shape index (κ3) is 3.29. The van der Waals surface area contributed by atoms with Crippen molar-refractivity contribution in [1.82, 2.24) is 0 Å². The van der Waals surface area contributed by atoms with Gasteiger partial charge in [-0.25, -0.2) is 0 Å². The number of nitrogens with one attached hydrogen (secondary N) is 1. The molecule has 0 fully saturated rings. The van der Waals surface area contributed by atoms with Crippen molar-refractivity contribution in [1.29, 1.82) is 5.41 Å². The largest absolute Gasteiger partial charge is 0.455 e. The third-order valence-electron chi connectivity index (χ3n) is 2.59. The van der Waals surface area contributed by atoms with Crippen LogP contribution in [-0.4, -0.2) is 12.1 Å². The summed E-state index contributed by atoms with van der Waals surface area (Å²) < 4.78 is 6.69. The van der Waals surface area contributed by atoms with Crippen LogP contribution in [0, 0.1) is 5.41 Å². The van der Waals surface area contributed by atoms with E-state index in [2.05, 4.69) is 15.9 Å². The van der Waals surface area contributed by atoms with Crippen LogP contribution in [0.25, 0.3) is 0 Å². The summed E-state index contributed by atoms with van der Waals surface area (Å²) >= 11 is 11.0. The van der Waals surface area contributed by atoms with Crippen LogP contribution in [0.5, 0.6) is 11.5 Å². The number of benzene rings is 2. The highest BCUT2D eigenvalue weighted by Crippen LogP contribution is 2.36. The first-order valence-corrected chi connectivity index (χ1v) is 8.07. The van der Waals surface area contributed by atoms with E-state index >= 15 is 0 Å². The van der Waals surface area contributed by atoms with Gasteiger partial charge in [-0.05, 0) is 36.6 Å². The molecule has 0 amide bonds. The molecule has 0 aromatic heterocycles. The van der Waals surface area contributed by atoms with Gasteiger partial charge in [0.1, 0.15) is 17.3 Å². The summed E-state index contributed by atoms with van der Waals surface area (Å²) in [5.74, 6) is 1.00. The van der Waals surface area contributed by atoms with Crippen molar-refractivity contribution in [3.05, 3.63) is 51.5 Å². The van der Waals surface area contributed by atoms with Gasteiger partial charge in [0.15, 0.2) is 0 Å². The molecule has 3 N–H and O–H groups in total. The SMILES string of the molecule is CSc1cccc(Oc2cc(Br)ccc2Cl)c1C(=N)N. The Bertz CT molecular complexity index is 664. The Hall–Kier alpha value is -1.17. The van der Waals surface area contributed by atoms with Gasteiger partial charge in [0.05, 0.1) is 10.6 Å². The minimum atomic E-state index is -0.0314. The highest BCUT2D eigenvalue weighted by atomic mass is 79.9. The molecule has 104 valence electrons. The van der Waals surface area contributed by atoms with E-state index in [1.807, 2.05) is 24.5 Å². The lowest BCUT2D eigenvalue weighted by atomic mass is 10.2. The number of ether oxygens (including phenoxy) is 1. The first kappa shape index (κ1) is 15.2. The van der Waals surface area contributed by atoms with Crippen molar-refractivity contribution in [2.45, 2.75) is 4.90 Å². The molecule has 0 unspecified atom stereocenters. The van der Waals surface area contributed by atoms with Crippen LogP contribution in [0.3, 0.4) is 0 Å². The molecule has 0 aliphatic heterocycles. The lowest BCUT2D eigenvalue weighted by Crippen LogP contribution is -2.13. The first-order chi connectivity index (χ1) is 9.52. The molecule has 2 aromatic rings. The second-order valence-corrected chi connectivity index (χ2v) is 6.09. The Kier molecular flexibility index (Phi) is 4.96. The van der Waals surface area contributed by atoms with E-state index in [4.69, 9.17) is 27.5 Å². The fourth-order valence-electron chi connectivity index (χ4n) is 1.71. The van der Waals surface area contributed by atoms with Gasteiger partial charge in [-0.1, -0.05) is 33.6 Å². The summed E-state index contributed by atoms with van der Waals surface area (Å²) in [4.78, 5) is 0.890. The van der Waals surface area contributed by atoms with Crippen LogP contribution in [0.2, 0.25) is 5.02 Å². The Morgan fingerprint density at radius 2 is 2.05 bits per heavy atom. The van der Waals surface area contributed by atoms with E-state index in [1.54, 1.807) is 18.2 Å². The molecular formula is C14H12BrClN2OS. The van der Waals surface area contributed by atoms with Crippen molar-refractivity contribution in [3.63, 3.8) is 0 Å². The maximum absolute atomic E-state index is 7.72. The maximum atomic E-state index is 7.72. The summed E-state index contributed by atoms with van der Waals surface area (Å²) in [7, 11) is 0. The number of hydrogen-bond acceptors (Lipinski definition) is 3. The van der Waals surface area contributed by atoms with Crippen LogP contribution in [0.15, 0.2) is 45.8 Å². The van der Waals surface area contributed by atoms with Crippen LogP contribution in [-0.2, 0) is 0 Å². The Morgan fingerprint density at radius 3 is 2.70 bits per heavy atom. The molecule has 0 radical (unpaired) electrons. The van der Waals surface area contributed by atoms with Crippen LogP contribution >= 0.6 is 39.3 Å². The molecule has 2 aromatic carbocycles. The van der Waals surface area contributed by atoms with Gasteiger partial charge >= 0.3 is 0 Å². The number of nitrogens with two attached hydrogens (primary N) is 1. The quantitative estimate of drug-likeness (QED) is 0.456. The molecule has 2 rings (SSSR count). The topological polar surface area (TPSA) is 59.1 Å². The first-order valence-electron chi connectivity index (χ1n) is 5.67. The predicted octanol–water partition coefficient (Wildman–Crippen LogP) is 4.90. The normalized spacial score (nSPS) is 10.3. The van der Waals surface area contributed by atoms with Gasteiger partial charge in [-0.2, -0.15) is 0 Å².